The van der Waals surface area contributed by atoms with Crippen LogP contribution >= 0.6 is 15.9 Å². The molecule has 1 aromatic rings. The van der Waals surface area contributed by atoms with Crippen LogP contribution in [0.5, 0.6) is 5.75 Å². The molecule has 120 valence electrons. The lowest BCUT2D eigenvalue weighted by Gasteiger charge is -2.36. The highest BCUT2D eigenvalue weighted by atomic mass is 79.9. The summed E-state index contributed by atoms with van der Waals surface area (Å²) in [6.07, 6.45) is 0.595. The first-order valence-corrected chi connectivity index (χ1v) is 11.0. The van der Waals surface area contributed by atoms with Crippen LogP contribution in [0.2, 0.25) is 18.1 Å². The molecule has 1 N–H and O–H groups in total. The van der Waals surface area contributed by atoms with Crippen LogP contribution in [0.1, 0.15) is 26.3 Å². The van der Waals surface area contributed by atoms with Crippen molar-refractivity contribution in [1.29, 1.82) is 0 Å². The van der Waals surface area contributed by atoms with Crippen LogP contribution in [0.4, 0.5) is 0 Å². The molecule has 21 heavy (non-hydrogen) atoms. The predicted molar refractivity (Wildman–Crippen MR) is 93.6 cm³/mol. The van der Waals surface area contributed by atoms with Gasteiger partial charge in [-0.1, -0.05) is 36.7 Å². The lowest BCUT2D eigenvalue weighted by Crippen LogP contribution is -2.41. The Balaban J connectivity index is 2.53. The van der Waals surface area contributed by atoms with Crippen LogP contribution < -0.4 is 4.74 Å². The van der Waals surface area contributed by atoms with Gasteiger partial charge in [0.2, 0.25) is 0 Å². The number of benzene rings is 1. The summed E-state index contributed by atoms with van der Waals surface area (Å²) in [5.74, 6) is 0.825. The number of aliphatic hydroxyl groups is 1. The smallest absolute Gasteiger partial charge is 0.192 e. The molecule has 0 saturated carbocycles. The predicted octanol–water partition coefficient (Wildman–Crippen LogP) is 4.38. The van der Waals surface area contributed by atoms with Crippen LogP contribution in [0.3, 0.4) is 0 Å². The van der Waals surface area contributed by atoms with Crippen molar-refractivity contribution >= 4 is 24.2 Å². The standard InChI is InChI=1S/C16H27BrO3Si/c1-16(2,3)21(4,5)20-11-10-19-15-7-6-14(17)12-13(15)8-9-18/h6-7,12,18H,8-11H2,1-5H3. The Morgan fingerprint density at radius 2 is 1.86 bits per heavy atom. The van der Waals surface area contributed by atoms with Gasteiger partial charge in [0.15, 0.2) is 8.32 Å². The number of rotatable bonds is 7. The number of aliphatic hydroxyl groups excluding tert-OH is 1. The summed E-state index contributed by atoms with van der Waals surface area (Å²) >= 11 is 3.44. The first-order chi connectivity index (χ1) is 9.67. The minimum atomic E-state index is -1.71. The van der Waals surface area contributed by atoms with E-state index < -0.39 is 8.32 Å². The molecule has 1 aromatic carbocycles. The zero-order valence-corrected chi connectivity index (χ0v) is 16.3. The molecule has 0 heterocycles. The highest BCUT2D eigenvalue weighted by Crippen LogP contribution is 2.36. The molecule has 0 aromatic heterocycles. The molecular formula is C16H27BrO3Si. The number of halogens is 1. The molecule has 0 fully saturated rings. The molecule has 0 aliphatic rings. The van der Waals surface area contributed by atoms with E-state index in [1.807, 2.05) is 18.2 Å². The van der Waals surface area contributed by atoms with E-state index in [4.69, 9.17) is 14.3 Å². The Bertz CT molecular complexity index is 455. The molecule has 5 heteroatoms. The molecule has 0 spiro atoms. The molecule has 0 aliphatic heterocycles. The van der Waals surface area contributed by atoms with E-state index >= 15 is 0 Å². The summed E-state index contributed by atoms with van der Waals surface area (Å²) in [6, 6.07) is 5.87. The van der Waals surface area contributed by atoms with Gasteiger partial charge in [0, 0.05) is 11.1 Å². The molecule has 1 rings (SSSR count). The highest BCUT2D eigenvalue weighted by molar-refractivity contribution is 9.10. The van der Waals surface area contributed by atoms with Gasteiger partial charge in [-0.25, -0.2) is 0 Å². The van der Waals surface area contributed by atoms with Crippen molar-refractivity contribution in [3.05, 3.63) is 28.2 Å². The summed E-state index contributed by atoms with van der Waals surface area (Å²) in [7, 11) is -1.71. The van der Waals surface area contributed by atoms with E-state index in [9.17, 15) is 0 Å². The van der Waals surface area contributed by atoms with Crippen molar-refractivity contribution in [1.82, 2.24) is 0 Å². The van der Waals surface area contributed by atoms with Gasteiger partial charge in [-0.3, -0.25) is 0 Å². The fourth-order valence-corrected chi connectivity index (χ4v) is 3.10. The minimum absolute atomic E-state index is 0.118. The third-order valence-corrected chi connectivity index (χ3v) is 9.05. The quantitative estimate of drug-likeness (QED) is 0.568. The van der Waals surface area contributed by atoms with Crippen LogP contribution in [0, 0.1) is 0 Å². The van der Waals surface area contributed by atoms with E-state index in [1.54, 1.807) is 0 Å². The third-order valence-electron chi connectivity index (χ3n) is 4.01. The Hall–Kier alpha value is -0.363. The van der Waals surface area contributed by atoms with E-state index in [0.29, 0.717) is 19.6 Å². The van der Waals surface area contributed by atoms with Crippen molar-refractivity contribution in [2.75, 3.05) is 19.8 Å². The van der Waals surface area contributed by atoms with E-state index in [-0.39, 0.29) is 11.6 Å². The fourth-order valence-electron chi connectivity index (χ4n) is 1.67. The molecule has 0 saturated heterocycles. The fraction of sp³-hybridized carbons (Fsp3) is 0.625. The lowest BCUT2D eigenvalue weighted by atomic mass is 10.1. The molecule has 0 aliphatic carbocycles. The SMILES string of the molecule is CC(C)(C)[Si](C)(C)OCCOc1ccc(Br)cc1CCO. The van der Waals surface area contributed by atoms with Crippen LogP contribution in [-0.2, 0) is 10.8 Å². The Morgan fingerprint density at radius 3 is 2.43 bits per heavy atom. The summed E-state index contributed by atoms with van der Waals surface area (Å²) in [4.78, 5) is 0. The molecule has 0 atom stereocenters. The topological polar surface area (TPSA) is 38.7 Å². The van der Waals surface area contributed by atoms with Gasteiger partial charge in [0.1, 0.15) is 12.4 Å². The Kier molecular flexibility index (Phi) is 6.91. The summed E-state index contributed by atoms with van der Waals surface area (Å²) in [5, 5.41) is 9.33. The monoisotopic (exact) mass is 374 g/mol. The first-order valence-electron chi connectivity index (χ1n) is 7.33. The van der Waals surface area contributed by atoms with Crippen LogP contribution in [-0.4, -0.2) is 33.2 Å². The maximum Gasteiger partial charge on any atom is 0.192 e. The first kappa shape index (κ1) is 18.7. The largest absolute Gasteiger partial charge is 0.491 e. The van der Waals surface area contributed by atoms with E-state index in [2.05, 4.69) is 49.8 Å². The molecule has 0 bridgehead atoms. The van der Waals surface area contributed by atoms with Gasteiger partial charge >= 0.3 is 0 Å². The maximum atomic E-state index is 9.11. The molecule has 0 radical (unpaired) electrons. The third kappa shape index (κ3) is 5.73. The van der Waals surface area contributed by atoms with Crippen molar-refractivity contribution in [3.63, 3.8) is 0 Å². The second-order valence-corrected chi connectivity index (χ2v) is 12.4. The minimum Gasteiger partial charge on any atom is -0.491 e. The molecule has 0 unspecified atom stereocenters. The Labute approximate surface area is 137 Å². The van der Waals surface area contributed by atoms with E-state index in [1.165, 1.54) is 0 Å². The summed E-state index contributed by atoms with van der Waals surface area (Å²) in [5.41, 5.74) is 1.01. The van der Waals surface area contributed by atoms with Crippen molar-refractivity contribution in [2.45, 2.75) is 45.3 Å². The Morgan fingerprint density at radius 1 is 1.19 bits per heavy atom. The second-order valence-electron chi connectivity index (χ2n) is 6.68. The number of hydrogen-bond donors (Lipinski definition) is 1. The van der Waals surface area contributed by atoms with Crippen molar-refractivity contribution < 1.29 is 14.3 Å². The average Bonchev–Trinajstić information content (AvgIpc) is 2.35. The summed E-state index contributed by atoms with van der Waals surface area (Å²) < 4.78 is 12.9. The van der Waals surface area contributed by atoms with Gasteiger partial charge in [-0.05, 0) is 48.3 Å². The molecule has 0 amide bonds. The van der Waals surface area contributed by atoms with Crippen molar-refractivity contribution in [2.24, 2.45) is 0 Å². The van der Waals surface area contributed by atoms with E-state index in [0.717, 1.165) is 15.8 Å². The van der Waals surface area contributed by atoms with Crippen LogP contribution in [0.15, 0.2) is 22.7 Å². The lowest BCUT2D eigenvalue weighted by molar-refractivity contribution is 0.201. The van der Waals surface area contributed by atoms with Crippen molar-refractivity contribution in [3.8, 4) is 5.75 Å². The average molecular weight is 375 g/mol. The number of hydrogen-bond acceptors (Lipinski definition) is 3. The van der Waals surface area contributed by atoms with Gasteiger partial charge in [-0.15, -0.1) is 0 Å². The normalized spacial score (nSPS) is 12.5. The highest BCUT2D eigenvalue weighted by Gasteiger charge is 2.36. The zero-order valence-electron chi connectivity index (χ0n) is 13.7. The van der Waals surface area contributed by atoms with Gasteiger partial charge < -0.3 is 14.3 Å². The zero-order chi connectivity index (χ0) is 16.1. The molecular weight excluding hydrogens is 348 g/mol. The second kappa shape index (κ2) is 7.77. The number of ether oxygens (including phenoxy) is 1. The van der Waals surface area contributed by atoms with Gasteiger partial charge in [0.05, 0.1) is 6.61 Å². The molecule has 3 nitrogen and oxygen atoms in total. The maximum absolute atomic E-state index is 9.11. The van der Waals surface area contributed by atoms with Gasteiger partial charge in [-0.2, -0.15) is 0 Å². The summed E-state index contributed by atoms with van der Waals surface area (Å²) in [6.45, 7) is 12.4. The van der Waals surface area contributed by atoms with Crippen LogP contribution in [0.25, 0.3) is 0 Å². The van der Waals surface area contributed by atoms with Gasteiger partial charge in [0.25, 0.3) is 0 Å².